The van der Waals surface area contributed by atoms with Crippen molar-refractivity contribution in [1.29, 1.82) is 0 Å². The molecule has 0 N–H and O–H groups in total. The van der Waals surface area contributed by atoms with Crippen molar-refractivity contribution in [3.05, 3.63) is 29.3 Å². The molecule has 2 rings (SSSR count). The van der Waals surface area contributed by atoms with Gasteiger partial charge in [0.2, 0.25) is 0 Å². The van der Waals surface area contributed by atoms with E-state index in [0.29, 0.717) is 11.3 Å². The summed E-state index contributed by atoms with van der Waals surface area (Å²) in [6.07, 6.45) is -0.605. The van der Waals surface area contributed by atoms with Gasteiger partial charge in [0.05, 0.1) is 7.11 Å². The summed E-state index contributed by atoms with van der Waals surface area (Å²) in [4.78, 5) is 26.1. The maximum atomic E-state index is 12.6. The van der Waals surface area contributed by atoms with Crippen molar-refractivity contribution in [2.75, 3.05) is 13.7 Å². The molecular formula is C17H23NO4. The predicted octanol–water partition coefficient (Wildman–Crippen LogP) is 3.36. The summed E-state index contributed by atoms with van der Waals surface area (Å²) in [5.74, 6) is 0.372. The molecule has 0 atom stereocenters. The lowest BCUT2D eigenvalue weighted by Gasteiger charge is -2.38. The van der Waals surface area contributed by atoms with Gasteiger partial charge in [-0.15, -0.1) is 0 Å². The number of fused-ring (bicyclic) bond motifs is 1. The Hall–Kier alpha value is -2.04. The monoisotopic (exact) mass is 305 g/mol. The van der Waals surface area contributed by atoms with Crippen LogP contribution in [0.2, 0.25) is 0 Å². The molecule has 0 aromatic heterocycles. The first-order chi connectivity index (χ1) is 10.0. The van der Waals surface area contributed by atoms with E-state index in [1.54, 1.807) is 40.0 Å². The highest BCUT2D eigenvalue weighted by molar-refractivity contribution is 6.05. The summed E-state index contributed by atoms with van der Waals surface area (Å²) < 4.78 is 10.6. The molecule has 0 spiro atoms. The van der Waals surface area contributed by atoms with Gasteiger partial charge < -0.3 is 9.47 Å². The van der Waals surface area contributed by atoms with E-state index < -0.39 is 11.7 Å². The molecule has 5 nitrogen and oxygen atoms in total. The van der Waals surface area contributed by atoms with Crippen LogP contribution in [0.4, 0.5) is 4.79 Å². The van der Waals surface area contributed by atoms with Crippen molar-refractivity contribution in [3.8, 4) is 5.75 Å². The first-order valence-corrected chi connectivity index (χ1v) is 7.28. The van der Waals surface area contributed by atoms with Gasteiger partial charge in [0.1, 0.15) is 11.4 Å². The molecule has 0 aliphatic carbocycles. The number of hydrogen-bond donors (Lipinski definition) is 0. The normalized spacial score (nSPS) is 17.0. The second-order valence-electron chi connectivity index (χ2n) is 7.17. The average molecular weight is 305 g/mol. The Balaban J connectivity index is 2.40. The summed E-state index contributed by atoms with van der Waals surface area (Å²) in [7, 11) is 1.59. The maximum absolute atomic E-state index is 12.6. The number of methoxy groups -OCH3 is 1. The molecule has 1 aliphatic rings. The highest BCUT2D eigenvalue weighted by atomic mass is 16.6. The molecule has 0 saturated carbocycles. The van der Waals surface area contributed by atoms with Crippen LogP contribution in [-0.4, -0.2) is 36.2 Å². The summed E-state index contributed by atoms with van der Waals surface area (Å²) in [6.45, 7) is 9.61. The second kappa shape index (κ2) is 5.30. The molecule has 1 heterocycles. The maximum Gasteiger partial charge on any atom is 0.417 e. The largest absolute Gasteiger partial charge is 0.497 e. The Bertz CT molecular complexity index is 614. The molecule has 5 heteroatoms. The first kappa shape index (κ1) is 16.3. The summed E-state index contributed by atoms with van der Waals surface area (Å²) >= 11 is 0. The van der Waals surface area contributed by atoms with Gasteiger partial charge in [-0.1, -0.05) is 13.8 Å². The van der Waals surface area contributed by atoms with Crippen molar-refractivity contribution < 1.29 is 19.1 Å². The highest BCUT2D eigenvalue weighted by Gasteiger charge is 2.41. The number of rotatable bonds is 1. The molecule has 0 bridgehead atoms. The van der Waals surface area contributed by atoms with Gasteiger partial charge in [-0.2, -0.15) is 0 Å². The Morgan fingerprint density at radius 1 is 1.27 bits per heavy atom. The number of nitrogens with zero attached hydrogens (tertiary/aromatic N) is 1. The zero-order valence-electron chi connectivity index (χ0n) is 14.0. The first-order valence-electron chi connectivity index (χ1n) is 7.28. The quantitative estimate of drug-likeness (QED) is 0.798. The summed E-state index contributed by atoms with van der Waals surface area (Å²) in [5.41, 5.74) is 0.399. The molecule has 0 unspecified atom stereocenters. The number of amides is 2. The van der Waals surface area contributed by atoms with Crippen molar-refractivity contribution in [1.82, 2.24) is 4.90 Å². The van der Waals surface area contributed by atoms with Gasteiger partial charge in [0, 0.05) is 17.5 Å². The number of ether oxygens (including phenoxy) is 2. The number of benzene rings is 1. The van der Waals surface area contributed by atoms with Crippen LogP contribution in [-0.2, 0) is 10.2 Å². The van der Waals surface area contributed by atoms with Gasteiger partial charge in [-0.3, -0.25) is 4.79 Å². The van der Waals surface area contributed by atoms with Crippen LogP contribution in [0, 0.1) is 0 Å². The van der Waals surface area contributed by atoms with Crippen molar-refractivity contribution >= 4 is 12.0 Å². The van der Waals surface area contributed by atoms with Gasteiger partial charge in [0.15, 0.2) is 0 Å². The smallest absolute Gasteiger partial charge is 0.417 e. The third-order valence-corrected chi connectivity index (χ3v) is 3.60. The Morgan fingerprint density at radius 2 is 1.91 bits per heavy atom. The van der Waals surface area contributed by atoms with E-state index in [1.165, 1.54) is 4.90 Å². The summed E-state index contributed by atoms with van der Waals surface area (Å²) in [6, 6.07) is 5.29. The minimum Gasteiger partial charge on any atom is -0.497 e. The number of imide groups is 1. The Morgan fingerprint density at radius 3 is 2.45 bits per heavy atom. The predicted molar refractivity (Wildman–Crippen MR) is 83.3 cm³/mol. The van der Waals surface area contributed by atoms with Crippen LogP contribution in [0.1, 0.15) is 50.5 Å². The van der Waals surface area contributed by atoms with Crippen LogP contribution in [0.15, 0.2) is 18.2 Å². The number of carbonyl (C=O) groups is 2. The molecular weight excluding hydrogens is 282 g/mol. The van der Waals surface area contributed by atoms with E-state index >= 15 is 0 Å². The highest BCUT2D eigenvalue weighted by Crippen LogP contribution is 2.36. The topological polar surface area (TPSA) is 55.8 Å². The summed E-state index contributed by atoms with van der Waals surface area (Å²) in [5, 5.41) is 0. The lowest BCUT2D eigenvalue weighted by molar-refractivity contribution is 0.0192. The fraction of sp³-hybridized carbons (Fsp3) is 0.529. The molecule has 1 aliphatic heterocycles. The van der Waals surface area contributed by atoms with E-state index in [2.05, 4.69) is 0 Å². The standard InChI is InChI=1S/C17H23NO4/c1-16(2,3)22-15(20)18-10-17(4,5)13-9-11(21-6)7-8-12(13)14(18)19/h7-9H,10H2,1-6H3. The van der Waals surface area contributed by atoms with E-state index in [4.69, 9.17) is 9.47 Å². The minimum atomic E-state index is -0.637. The number of carbonyl (C=O) groups excluding carboxylic acids is 2. The van der Waals surface area contributed by atoms with Crippen molar-refractivity contribution in [2.24, 2.45) is 0 Å². The molecule has 1 aromatic carbocycles. The fourth-order valence-corrected chi connectivity index (χ4v) is 2.56. The minimum absolute atomic E-state index is 0.279. The third kappa shape index (κ3) is 3.08. The molecule has 1 aromatic rings. The Labute approximate surface area is 131 Å². The van der Waals surface area contributed by atoms with E-state index in [9.17, 15) is 9.59 Å². The number of hydrogen-bond acceptors (Lipinski definition) is 4. The van der Waals surface area contributed by atoms with E-state index in [1.807, 2.05) is 19.9 Å². The van der Waals surface area contributed by atoms with Gasteiger partial charge in [-0.05, 0) is 44.5 Å². The SMILES string of the molecule is COc1ccc2c(c1)C(C)(C)CN(C(=O)OC(C)(C)C)C2=O. The fourth-order valence-electron chi connectivity index (χ4n) is 2.56. The van der Waals surface area contributed by atoms with Crippen molar-refractivity contribution in [2.45, 2.75) is 45.6 Å². The van der Waals surface area contributed by atoms with Crippen LogP contribution >= 0.6 is 0 Å². The van der Waals surface area contributed by atoms with Gasteiger partial charge in [0.25, 0.3) is 5.91 Å². The molecule has 120 valence electrons. The van der Waals surface area contributed by atoms with E-state index in [0.717, 1.165) is 5.56 Å². The van der Waals surface area contributed by atoms with Gasteiger partial charge >= 0.3 is 6.09 Å². The molecule has 2 amide bonds. The van der Waals surface area contributed by atoms with E-state index in [-0.39, 0.29) is 17.9 Å². The molecule has 22 heavy (non-hydrogen) atoms. The molecule has 0 fully saturated rings. The Kier molecular flexibility index (Phi) is 3.94. The van der Waals surface area contributed by atoms with Crippen LogP contribution < -0.4 is 4.74 Å². The van der Waals surface area contributed by atoms with Crippen LogP contribution in [0.5, 0.6) is 5.75 Å². The zero-order chi connectivity index (χ0) is 16.7. The third-order valence-electron chi connectivity index (χ3n) is 3.60. The molecule has 0 saturated heterocycles. The van der Waals surface area contributed by atoms with Gasteiger partial charge in [-0.25, -0.2) is 9.69 Å². The molecule has 0 radical (unpaired) electrons. The average Bonchev–Trinajstić information content (AvgIpc) is 2.40. The van der Waals surface area contributed by atoms with Crippen LogP contribution in [0.3, 0.4) is 0 Å². The lowest BCUT2D eigenvalue weighted by Crippen LogP contribution is -2.50. The second-order valence-corrected chi connectivity index (χ2v) is 7.17. The zero-order valence-corrected chi connectivity index (χ0v) is 14.0. The lowest BCUT2D eigenvalue weighted by atomic mass is 9.78. The van der Waals surface area contributed by atoms with Crippen LogP contribution in [0.25, 0.3) is 0 Å². The van der Waals surface area contributed by atoms with Crippen molar-refractivity contribution in [3.63, 3.8) is 0 Å².